The maximum Gasteiger partial charge on any atom is 0.270 e. The molecule has 1 aromatic carbocycles. The first-order valence-corrected chi connectivity index (χ1v) is 12.4. The van der Waals surface area contributed by atoms with Crippen LogP contribution in [0.2, 0.25) is 0 Å². The normalized spacial score (nSPS) is 15.5. The van der Waals surface area contributed by atoms with Crippen molar-refractivity contribution in [1.82, 2.24) is 24.8 Å². The minimum Gasteiger partial charge on any atom is -0.367 e. The lowest BCUT2D eigenvalue weighted by Gasteiger charge is -2.29. The summed E-state index contributed by atoms with van der Waals surface area (Å²) in [6.07, 6.45) is 7.34. The molecule has 2 fully saturated rings. The molecule has 1 saturated carbocycles. The molecule has 0 amide bonds. The Labute approximate surface area is 212 Å². The summed E-state index contributed by atoms with van der Waals surface area (Å²) in [7, 11) is 0. The standard InChI is InChI=1S/C27H25FN8O/c28-23-12-21(3-4-24(23)35-9-7-30-8-10-35)33-27-32-15-19-11-18(13-29)26(37)36(25(19)34-27)16-20-14-31-6-5-22(20)17-1-2-17/h3-6,11-12,14-15,17,30H,1-2,7-10,16H2,(H,32,33,34). The Kier molecular flexibility index (Phi) is 5.98. The topological polar surface area (TPSA) is 112 Å². The zero-order chi connectivity index (χ0) is 25.4. The second-order valence-corrected chi connectivity index (χ2v) is 9.41. The van der Waals surface area contributed by atoms with Crippen LogP contribution in [-0.2, 0) is 6.54 Å². The van der Waals surface area contributed by atoms with E-state index in [-0.39, 0.29) is 23.9 Å². The second kappa shape index (κ2) is 9.59. The number of nitrogens with zero attached hydrogens (tertiary/aromatic N) is 6. The van der Waals surface area contributed by atoms with Gasteiger partial charge in [-0.1, -0.05) is 0 Å². The van der Waals surface area contributed by atoms with Crippen LogP contribution in [0.5, 0.6) is 0 Å². The smallest absolute Gasteiger partial charge is 0.270 e. The van der Waals surface area contributed by atoms with Crippen LogP contribution < -0.4 is 21.1 Å². The van der Waals surface area contributed by atoms with Crippen LogP contribution >= 0.6 is 0 Å². The quantitative estimate of drug-likeness (QED) is 0.418. The van der Waals surface area contributed by atoms with Gasteiger partial charge in [0.1, 0.15) is 23.1 Å². The number of rotatable bonds is 6. The molecule has 0 unspecified atom stereocenters. The van der Waals surface area contributed by atoms with Crippen LogP contribution in [-0.4, -0.2) is 45.7 Å². The van der Waals surface area contributed by atoms with Crippen LogP contribution in [0.1, 0.15) is 35.4 Å². The number of anilines is 3. The van der Waals surface area contributed by atoms with Crippen LogP contribution in [0.25, 0.3) is 11.0 Å². The minimum atomic E-state index is -0.420. The Morgan fingerprint density at radius 3 is 2.76 bits per heavy atom. The van der Waals surface area contributed by atoms with Crippen molar-refractivity contribution >= 4 is 28.4 Å². The molecule has 1 saturated heterocycles. The average molecular weight is 497 g/mol. The number of nitriles is 1. The van der Waals surface area contributed by atoms with Gasteiger partial charge in [0.15, 0.2) is 0 Å². The van der Waals surface area contributed by atoms with E-state index in [9.17, 15) is 14.4 Å². The molecule has 1 aliphatic heterocycles. The molecule has 6 rings (SSSR count). The highest BCUT2D eigenvalue weighted by molar-refractivity contribution is 5.77. The summed E-state index contributed by atoms with van der Waals surface area (Å²) < 4.78 is 16.4. The zero-order valence-corrected chi connectivity index (χ0v) is 20.1. The SMILES string of the molecule is N#Cc1cc2cnc(Nc3ccc(N4CCNCC4)c(F)c3)nc2n(Cc2cnccc2C2CC2)c1=O. The summed E-state index contributed by atoms with van der Waals surface area (Å²) in [5.74, 6) is 0.380. The third-order valence-electron chi connectivity index (χ3n) is 6.90. The Hall–Kier alpha value is -4.36. The lowest BCUT2D eigenvalue weighted by atomic mass is 10.1. The van der Waals surface area contributed by atoms with Gasteiger partial charge in [0.2, 0.25) is 5.95 Å². The Bertz CT molecular complexity index is 1580. The van der Waals surface area contributed by atoms with Crippen molar-refractivity contribution in [2.75, 3.05) is 36.4 Å². The van der Waals surface area contributed by atoms with E-state index in [1.54, 1.807) is 30.7 Å². The summed E-state index contributed by atoms with van der Waals surface area (Å²) in [5.41, 5.74) is 3.17. The number of benzene rings is 1. The second-order valence-electron chi connectivity index (χ2n) is 9.41. The molecular weight excluding hydrogens is 471 g/mol. The van der Waals surface area contributed by atoms with Gasteiger partial charge >= 0.3 is 0 Å². The van der Waals surface area contributed by atoms with Gasteiger partial charge in [0, 0.05) is 55.8 Å². The van der Waals surface area contributed by atoms with Gasteiger partial charge < -0.3 is 15.5 Å². The lowest BCUT2D eigenvalue weighted by Crippen LogP contribution is -2.43. The molecule has 10 heteroatoms. The molecule has 4 aromatic rings. The van der Waals surface area contributed by atoms with Gasteiger partial charge in [-0.3, -0.25) is 14.3 Å². The van der Waals surface area contributed by atoms with Crippen LogP contribution in [0.3, 0.4) is 0 Å². The maximum absolute atomic E-state index is 14.9. The van der Waals surface area contributed by atoms with Crippen LogP contribution in [0, 0.1) is 17.1 Å². The minimum absolute atomic E-state index is 0.0271. The molecule has 0 bridgehead atoms. The molecule has 0 atom stereocenters. The molecule has 37 heavy (non-hydrogen) atoms. The highest BCUT2D eigenvalue weighted by Gasteiger charge is 2.26. The molecule has 4 heterocycles. The van der Waals surface area contributed by atoms with Crippen molar-refractivity contribution in [2.24, 2.45) is 0 Å². The monoisotopic (exact) mass is 496 g/mol. The highest BCUT2D eigenvalue weighted by atomic mass is 19.1. The van der Waals surface area contributed by atoms with E-state index in [0.717, 1.165) is 44.6 Å². The van der Waals surface area contributed by atoms with Crippen molar-refractivity contribution in [3.8, 4) is 6.07 Å². The van der Waals surface area contributed by atoms with Crippen LogP contribution in [0.15, 0.2) is 53.7 Å². The van der Waals surface area contributed by atoms with Gasteiger partial charge in [-0.25, -0.2) is 9.37 Å². The molecule has 186 valence electrons. The van der Waals surface area contributed by atoms with Gasteiger partial charge in [-0.15, -0.1) is 0 Å². The van der Waals surface area contributed by atoms with Crippen molar-refractivity contribution in [3.05, 3.63) is 81.8 Å². The number of piperazine rings is 1. The molecule has 3 aromatic heterocycles. The Morgan fingerprint density at radius 1 is 1.16 bits per heavy atom. The predicted octanol–water partition coefficient (Wildman–Crippen LogP) is 3.28. The first kappa shape index (κ1) is 23.1. The summed E-state index contributed by atoms with van der Waals surface area (Å²) in [6, 6.07) is 10.5. The van der Waals surface area contributed by atoms with Gasteiger partial charge in [-0.2, -0.15) is 10.2 Å². The summed E-state index contributed by atoms with van der Waals surface area (Å²) >= 11 is 0. The molecular formula is C27H25FN8O. The highest BCUT2D eigenvalue weighted by Crippen LogP contribution is 2.41. The fourth-order valence-corrected chi connectivity index (χ4v) is 4.85. The summed E-state index contributed by atoms with van der Waals surface area (Å²) in [6.45, 7) is 3.38. The maximum atomic E-state index is 14.9. The van der Waals surface area contributed by atoms with Gasteiger partial charge in [-0.05, 0) is 60.2 Å². The first-order chi connectivity index (χ1) is 18.1. The number of hydrogen-bond acceptors (Lipinski definition) is 8. The molecule has 0 spiro atoms. The number of hydrogen-bond donors (Lipinski definition) is 2. The molecule has 2 aliphatic rings. The number of aromatic nitrogens is 4. The fourth-order valence-electron chi connectivity index (χ4n) is 4.85. The van der Waals surface area contributed by atoms with E-state index in [1.165, 1.54) is 22.3 Å². The zero-order valence-electron chi connectivity index (χ0n) is 20.1. The van der Waals surface area contributed by atoms with Crippen molar-refractivity contribution in [1.29, 1.82) is 5.26 Å². The van der Waals surface area contributed by atoms with E-state index in [0.29, 0.717) is 28.3 Å². The molecule has 9 nitrogen and oxygen atoms in total. The van der Waals surface area contributed by atoms with E-state index < -0.39 is 5.56 Å². The fraction of sp³-hybridized carbons (Fsp3) is 0.296. The first-order valence-electron chi connectivity index (χ1n) is 12.4. The molecule has 0 radical (unpaired) electrons. The summed E-state index contributed by atoms with van der Waals surface area (Å²) in [5, 5.41) is 16.4. The number of pyridine rings is 2. The van der Waals surface area contributed by atoms with Crippen LogP contribution in [0.4, 0.5) is 21.7 Å². The van der Waals surface area contributed by atoms with Crippen molar-refractivity contribution < 1.29 is 4.39 Å². The van der Waals surface area contributed by atoms with E-state index in [2.05, 4.69) is 25.6 Å². The number of nitrogens with one attached hydrogen (secondary N) is 2. The van der Waals surface area contributed by atoms with E-state index in [4.69, 9.17) is 0 Å². The Morgan fingerprint density at radius 2 is 2.00 bits per heavy atom. The van der Waals surface area contributed by atoms with Gasteiger partial charge in [0.25, 0.3) is 5.56 Å². The molecule has 1 aliphatic carbocycles. The average Bonchev–Trinajstić information content (AvgIpc) is 3.77. The van der Waals surface area contributed by atoms with E-state index in [1.807, 2.05) is 17.0 Å². The van der Waals surface area contributed by atoms with Crippen molar-refractivity contribution in [3.63, 3.8) is 0 Å². The predicted molar refractivity (Wildman–Crippen MR) is 139 cm³/mol. The molecule has 2 N–H and O–H groups in total. The lowest BCUT2D eigenvalue weighted by molar-refractivity contribution is 0.566. The third-order valence-corrected chi connectivity index (χ3v) is 6.90. The van der Waals surface area contributed by atoms with E-state index >= 15 is 0 Å². The number of halogens is 1. The number of fused-ring (bicyclic) bond motifs is 1. The Balaban J connectivity index is 1.35. The van der Waals surface area contributed by atoms with Crippen molar-refractivity contribution in [2.45, 2.75) is 25.3 Å². The van der Waals surface area contributed by atoms with Gasteiger partial charge in [0.05, 0.1) is 12.2 Å². The third kappa shape index (κ3) is 4.61. The largest absolute Gasteiger partial charge is 0.367 e. The summed E-state index contributed by atoms with van der Waals surface area (Å²) in [4.78, 5) is 28.4.